The Morgan fingerprint density at radius 2 is 1.14 bits per heavy atom. The number of nitrogens with one attached hydrogen (secondary N) is 1. The quantitative estimate of drug-likeness (QED) is 0.0791. The molecule has 5 rings (SSSR count). The molecule has 2 atom stereocenters. The Hall–Kier alpha value is -7.18. The molecule has 0 saturated carbocycles. The van der Waals surface area contributed by atoms with Gasteiger partial charge in [-0.05, 0) is 108 Å². The second kappa shape index (κ2) is 23.2. The third-order valence-corrected chi connectivity index (χ3v) is 10.9. The molecule has 0 aromatic heterocycles. The molecule has 0 radical (unpaired) electrons. The van der Waals surface area contributed by atoms with E-state index in [1.54, 1.807) is 110 Å². The average Bonchev–Trinajstić information content (AvgIpc) is 3.75. The first-order valence-electron chi connectivity index (χ1n) is 23.2. The van der Waals surface area contributed by atoms with Crippen LogP contribution in [0.4, 0.5) is 11.4 Å². The number of benzene rings is 3. The molecule has 0 saturated heterocycles. The van der Waals surface area contributed by atoms with Crippen LogP contribution in [0.2, 0.25) is 0 Å². The summed E-state index contributed by atoms with van der Waals surface area (Å²) >= 11 is 0. The van der Waals surface area contributed by atoms with Crippen molar-refractivity contribution in [3.05, 3.63) is 107 Å². The Morgan fingerprint density at radius 1 is 0.662 bits per heavy atom. The molecule has 2 aliphatic rings. The topological polar surface area (TPSA) is 209 Å². The van der Waals surface area contributed by atoms with Crippen molar-refractivity contribution in [3.8, 4) is 0 Å². The summed E-state index contributed by atoms with van der Waals surface area (Å²) in [5.74, 6) is -3.75. The van der Waals surface area contributed by atoms with Crippen LogP contribution < -0.4 is 15.1 Å². The van der Waals surface area contributed by atoms with Gasteiger partial charge in [0.25, 0.3) is 11.8 Å². The molecular formula is C53H67N7O11. The number of aliphatic imine (C=N–C) groups is 2. The van der Waals surface area contributed by atoms with E-state index in [9.17, 15) is 33.9 Å². The average molecular weight is 978 g/mol. The maximum atomic E-state index is 14.1. The van der Waals surface area contributed by atoms with Crippen LogP contribution in [-0.4, -0.2) is 140 Å². The summed E-state index contributed by atoms with van der Waals surface area (Å²) < 4.78 is 21.9. The lowest BCUT2D eigenvalue weighted by atomic mass is 10.0. The Morgan fingerprint density at radius 3 is 1.65 bits per heavy atom. The smallest absolute Gasteiger partial charge is 0.326 e. The molecule has 3 aromatic rings. The van der Waals surface area contributed by atoms with E-state index in [1.807, 2.05) is 67.3 Å². The van der Waals surface area contributed by atoms with Gasteiger partial charge in [-0.3, -0.25) is 43.9 Å². The van der Waals surface area contributed by atoms with Crippen molar-refractivity contribution >= 4 is 70.9 Å². The monoisotopic (exact) mass is 977 g/mol. The van der Waals surface area contributed by atoms with Gasteiger partial charge in [0, 0.05) is 45.5 Å². The van der Waals surface area contributed by atoms with Crippen LogP contribution in [-0.2, 0) is 47.7 Å². The summed E-state index contributed by atoms with van der Waals surface area (Å²) in [4.78, 5) is 95.3. The van der Waals surface area contributed by atoms with Crippen LogP contribution in [0.15, 0.2) is 100 Å². The molecule has 0 spiro atoms. The van der Waals surface area contributed by atoms with Gasteiger partial charge in [-0.25, -0.2) is 9.98 Å². The molecule has 2 unspecified atom stereocenters. The molecule has 2 N–H and O–H groups in total. The number of hydrogen-bond donors (Lipinski definition) is 2. The number of hydrogen-bond acceptors (Lipinski definition) is 16. The number of ether oxygens (including phenoxy) is 4. The minimum atomic E-state index is -1.28. The van der Waals surface area contributed by atoms with Crippen molar-refractivity contribution in [2.75, 3.05) is 64.2 Å². The molecule has 0 fully saturated rings. The van der Waals surface area contributed by atoms with Crippen LogP contribution in [0.3, 0.4) is 0 Å². The van der Waals surface area contributed by atoms with Gasteiger partial charge in [0.1, 0.15) is 59.1 Å². The van der Waals surface area contributed by atoms with Gasteiger partial charge >= 0.3 is 23.9 Å². The van der Waals surface area contributed by atoms with Crippen LogP contribution >= 0.6 is 0 Å². The molecule has 380 valence electrons. The number of aliphatic hydroxyl groups excluding tert-OH is 1. The first-order valence-corrected chi connectivity index (χ1v) is 23.2. The molecule has 71 heavy (non-hydrogen) atoms. The summed E-state index contributed by atoms with van der Waals surface area (Å²) in [6.07, 6.45) is 1.93. The summed E-state index contributed by atoms with van der Waals surface area (Å²) in [6, 6.07) is 22.4. The zero-order valence-electron chi connectivity index (χ0n) is 42.8. The molecule has 0 aliphatic carbocycles. The Balaban J connectivity index is 1.29. The predicted octanol–water partition coefficient (Wildman–Crippen LogP) is 5.70. The minimum absolute atomic E-state index is 0.0110. The lowest BCUT2D eigenvalue weighted by Gasteiger charge is -2.30. The standard InChI is InChI=1S/C53H67N7O11/c1-51(2,3)69-42(61)30-39(54-31-43(62)68-12)47-55-40(28-34-18-22-37(23-19-34)57(9)10)49(66)59(47)33-45(64)71-53(7,8)26-27-58(11)38-24-20-35(21-25-38)29-41-50(67)60(32-44(63)70-52(4,5)6)48(56-41)46(65)36-16-14-13-15-17-36/h13-25,28-29,39,46,54,65H,26-27,30-33H2,1-12H3/b40-28-,41-29-. The maximum absolute atomic E-state index is 14.1. The number of nitrogens with zero attached hydrogens (tertiary/aromatic N) is 6. The molecule has 2 amide bonds. The van der Waals surface area contributed by atoms with Gasteiger partial charge in [0.15, 0.2) is 0 Å². The number of esters is 4. The largest absolute Gasteiger partial charge is 0.468 e. The van der Waals surface area contributed by atoms with Crippen molar-refractivity contribution in [2.24, 2.45) is 9.98 Å². The molecule has 2 heterocycles. The second-order valence-corrected chi connectivity index (χ2v) is 20.0. The Kier molecular flexibility index (Phi) is 17.9. The van der Waals surface area contributed by atoms with Crippen molar-refractivity contribution in [1.29, 1.82) is 0 Å². The van der Waals surface area contributed by atoms with E-state index in [2.05, 4.69) is 15.3 Å². The van der Waals surface area contributed by atoms with E-state index in [0.29, 0.717) is 29.7 Å². The highest BCUT2D eigenvalue weighted by molar-refractivity contribution is 6.18. The molecule has 3 aromatic carbocycles. The molecule has 18 heteroatoms. The number of anilines is 2. The van der Waals surface area contributed by atoms with Gasteiger partial charge in [-0.1, -0.05) is 54.6 Å². The Bertz CT molecular complexity index is 2550. The molecular weight excluding hydrogens is 911 g/mol. The van der Waals surface area contributed by atoms with Gasteiger partial charge in [0.05, 0.1) is 26.1 Å². The van der Waals surface area contributed by atoms with Crippen LogP contribution in [0, 0.1) is 0 Å². The fourth-order valence-corrected chi connectivity index (χ4v) is 7.38. The molecule has 0 bridgehead atoms. The van der Waals surface area contributed by atoms with Crippen LogP contribution in [0.5, 0.6) is 0 Å². The molecule has 18 nitrogen and oxygen atoms in total. The zero-order chi connectivity index (χ0) is 52.4. The first-order chi connectivity index (χ1) is 33.2. The van der Waals surface area contributed by atoms with E-state index >= 15 is 0 Å². The summed E-state index contributed by atoms with van der Waals surface area (Å²) in [5, 5.41) is 14.2. The van der Waals surface area contributed by atoms with Crippen molar-refractivity contribution in [1.82, 2.24) is 15.1 Å². The van der Waals surface area contributed by atoms with E-state index in [4.69, 9.17) is 18.9 Å². The summed E-state index contributed by atoms with van der Waals surface area (Å²) in [6.45, 7) is 13.0. The highest BCUT2D eigenvalue weighted by Gasteiger charge is 2.40. The highest BCUT2D eigenvalue weighted by atomic mass is 16.6. The lowest BCUT2D eigenvalue weighted by Crippen LogP contribution is -2.51. The zero-order valence-corrected chi connectivity index (χ0v) is 42.8. The van der Waals surface area contributed by atoms with Crippen molar-refractivity contribution in [2.45, 2.75) is 97.2 Å². The fourth-order valence-electron chi connectivity index (χ4n) is 7.38. The number of amidine groups is 2. The fraction of sp³-hybridized carbons (Fsp3) is 0.434. The van der Waals surface area contributed by atoms with E-state index in [-0.39, 0.29) is 36.0 Å². The minimum Gasteiger partial charge on any atom is -0.468 e. The lowest BCUT2D eigenvalue weighted by molar-refractivity contribution is -0.158. The SMILES string of the molecule is COC(=O)CNC(CC(=O)OC(C)(C)C)C1=N/C(=C\c2ccc(N(C)C)cc2)C(=O)N1CC(=O)OC(C)(C)CCN(C)c1ccc(/C=C2\N=C(C(O)c3ccccc3)N(CC(=O)OC(C)(C)C)C2=O)cc1. The Labute approximate surface area is 416 Å². The third kappa shape index (κ3) is 15.9. The number of methoxy groups -OCH3 is 1. The number of rotatable bonds is 20. The number of aliphatic hydroxyl groups is 1. The van der Waals surface area contributed by atoms with Crippen LogP contribution in [0.1, 0.15) is 91.0 Å². The maximum Gasteiger partial charge on any atom is 0.326 e. The van der Waals surface area contributed by atoms with Gasteiger partial charge < -0.3 is 33.9 Å². The van der Waals surface area contributed by atoms with Gasteiger partial charge in [0.2, 0.25) is 0 Å². The first kappa shape index (κ1) is 54.8. The number of carbonyl (C=O) groups is 6. The van der Waals surface area contributed by atoms with Gasteiger partial charge in [-0.15, -0.1) is 0 Å². The predicted molar refractivity (Wildman–Crippen MR) is 271 cm³/mol. The molecule has 2 aliphatic heterocycles. The third-order valence-electron chi connectivity index (χ3n) is 10.9. The van der Waals surface area contributed by atoms with E-state index in [0.717, 1.165) is 21.2 Å². The van der Waals surface area contributed by atoms with Crippen LogP contribution in [0.25, 0.3) is 12.2 Å². The summed E-state index contributed by atoms with van der Waals surface area (Å²) in [7, 11) is 6.92. The number of carbonyl (C=O) groups excluding carboxylic acids is 6. The van der Waals surface area contributed by atoms with Crippen molar-refractivity contribution in [3.63, 3.8) is 0 Å². The summed E-state index contributed by atoms with van der Waals surface area (Å²) in [5.41, 5.74) is 0.995. The highest BCUT2D eigenvalue weighted by Crippen LogP contribution is 2.29. The normalized spacial score (nSPS) is 16.1. The van der Waals surface area contributed by atoms with E-state index < -0.39 is 77.7 Å². The van der Waals surface area contributed by atoms with E-state index in [1.165, 1.54) is 7.11 Å². The van der Waals surface area contributed by atoms with Gasteiger partial charge in [-0.2, -0.15) is 0 Å². The second-order valence-electron chi connectivity index (χ2n) is 20.0. The number of amides is 2. The van der Waals surface area contributed by atoms with Crippen molar-refractivity contribution < 1.29 is 52.8 Å².